The molecule has 2 aromatic carbocycles. The van der Waals surface area contributed by atoms with Crippen LogP contribution in [0.3, 0.4) is 0 Å². The topological polar surface area (TPSA) is 32.3 Å². The maximum Gasteiger partial charge on any atom is 0.255 e. The molecule has 0 atom stereocenters. The number of hydrogen-bond donors (Lipinski definition) is 1. The molecule has 1 saturated heterocycles. The van der Waals surface area contributed by atoms with Gasteiger partial charge in [-0.1, -0.05) is 30.7 Å². The molecule has 0 saturated carbocycles. The normalized spacial score (nSPS) is 15.1. The van der Waals surface area contributed by atoms with Gasteiger partial charge < -0.3 is 5.32 Å². The molecule has 0 spiro atoms. The molecule has 3 nitrogen and oxygen atoms in total. The van der Waals surface area contributed by atoms with E-state index in [9.17, 15) is 4.79 Å². The molecule has 2 aromatic rings. The summed E-state index contributed by atoms with van der Waals surface area (Å²) in [5.41, 5.74) is 4.07. The molecule has 0 aliphatic carbocycles. The van der Waals surface area contributed by atoms with Gasteiger partial charge in [-0.05, 0) is 67.6 Å². The number of thioether (sulfide) groups is 1. The molecule has 1 fully saturated rings. The molecule has 132 valence electrons. The van der Waals surface area contributed by atoms with Gasteiger partial charge in [-0.25, -0.2) is 0 Å². The van der Waals surface area contributed by atoms with Crippen molar-refractivity contribution in [3.8, 4) is 0 Å². The first-order valence-electron chi connectivity index (χ1n) is 8.95. The van der Waals surface area contributed by atoms with Crippen molar-refractivity contribution in [1.82, 2.24) is 4.90 Å². The van der Waals surface area contributed by atoms with Crippen molar-refractivity contribution >= 4 is 23.4 Å². The van der Waals surface area contributed by atoms with Crippen LogP contribution in [0.5, 0.6) is 0 Å². The maximum atomic E-state index is 12.5. The summed E-state index contributed by atoms with van der Waals surface area (Å²) in [6.07, 6.45) is 6.02. The molecule has 0 bridgehead atoms. The lowest BCUT2D eigenvalue weighted by molar-refractivity contribution is 0.102. The molecule has 0 aromatic heterocycles. The van der Waals surface area contributed by atoms with Crippen molar-refractivity contribution in [3.05, 3.63) is 65.2 Å². The molecule has 1 heterocycles. The van der Waals surface area contributed by atoms with E-state index in [0.717, 1.165) is 18.0 Å². The predicted molar refractivity (Wildman–Crippen MR) is 107 cm³/mol. The second-order valence-electron chi connectivity index (χ2n) is 6.62. The maximum absolute atomic E-state index is 12.5. The summed E-state index contributed by atoms with van der Waals surface area (Å²) in [5, 5.41) is 3.02. The molecule has 0 unspecified atom stereocenters. The Balaban J connectivity index is 1.61. The number of piperidine rings is 1. The van der Waals surface area contributed by atoms with Gasteiger partial charge in [0.05, 0.1) is 0 Å². The Morgan fingerprint density at radius 2 is 1.80 bits per heavy atom. The van der Waals surface area contributed by atoms with Crippen molar-refractivity contribution in [3.63, 3.8) is 0 Å². The number of carbonyl (C=O) groups is 1. The quantitative estimate of drug-likeness (QED) is 0.809. The van der Waals surface area contributed by atoms with Gasteiger partial charge in [0.15, 0.2) is 0 Å². The molecule has 4 heteroatoms. The molecule has 1 N–H and O–H groups in total. The second kappa shape index (κ2) is 9.07. The summed E-state index contributed by atoms with van der Waals surface area (Å²) in [6.45, 7) is 3.32. The van der Waals surface area contributed by atoms with Gasteiger partial charge in [0.1, 0.15) is 0 Å². The molecular weight excluding hydrogens is 328 g/mol. The fourth-order valence-electron chi connectivity index (χ4n) is 3.25. The Bertz CT molecular complexity index is 693. The number of likely N-dealkylation sites (tertiary alicyclic amines) is 1. The summed E-state index contributed by atoms with van der Waals surface area (Å²) in [7, 11) is 0. The highest BCUT2D eigenvalue weighted by atomic mass is 32.2. The summed E-state index contributed by atoms with van der Waals surface area (Å²) in [6, 6.07) is 16.1. The van der Waals surface area contributed by atoms with Gasteiger partial charge in [-0.2, -0.15) is 11.8 Å². The predicted octanol–water partition coefficient (Wildman–Crippen LogP) is 4.79. The average molecular weight is 355 g/mol. The molecule has 1 amide bonds. The minimum atomic E-state index is -0.0502. The zero-order valence-corrected chi connectivity index (χ0v) is 15.6. The summed E-state index contributed by atoms with van der Waals surface area (Å²) in [5.74, 6) is 0.923. The van der Waals surface area contributed by atoms with Crippen molar-refractivity contribution in [2.24, 2.45) is 0 Å². The minimum Gasteiger partial charge on any atom is -0.322 e. The third-order valence-electron chi connectivity index (χ3n) is 4.57. The lowest BCUT2D eigenvalue weighted by atomic mass is 10.1. The van der Waals surface area contributed by atoms with Crippen molar-refractivity contribution in [2.45, 2.75) is 31.6 Å². The number of rotatable bonds is 6. The molecule has 3 rings (SSSR count). The fourth-order valence-corrected chi connectivity index (χ4v) is 3.77. The molecule has 0 radical (unpaired) electrons. The summed E-state index contributed by atoms with van der Waals surface area (Å²) < 4.78 is 0. The Morgan fingerprint density at radius 1 is 1.04 bits per heavy atom. The van der Waals surface area contributed by atoms with Crippen LogP contribution in [0.2, 0.25) is 0 Å². The van der Waals surface area contributed by atoms with Gasteiger partial charge in [0.25, 0.3) is 5.91 Å². The van der Waals surface area contributed by atoms with Crippen LogP contribution in [0, 0.1) is 0 Å². The van der Waals surface area contributed by atoms with Gasteiger partial charge >= 0.3 is 0 Å². The van der Waals surface area contributed by atoms with Gasteiger partial charge in [0, 0.05) is 23.5 Å². The van der Waals surface area contributed by atoms with Gasteiger partial charge in [-0.3, -0.25) is 9.69 Å². The van der Waals surface area contributed by atoms with Crippen LogP contribution in [0.4, 0.5) is 5.69 Å². The molecule has 1 aliphatic heterocycles. The highest BCUT2D eigenvalue weighted by Gasteiger charge is 2.11. The summed E-state index contributed by atoms with van der Waals surface area (Å²) in [4.78, 5) is 15.0. The monoisotopic (exact) mass is 354 g/mol. The second-order valence-corrected chi connectivity index (χ2v) is 7.49. The van der Waals surface area contributed by atoms with Crippen LogP contribution < -0.4 is 5.32 Å². The van der Waals surface area contributed by atoms with E-state index in [0.29, 0.717) is 5.56 Å². The first-order chi connectivity index (χ1) is 12.2. The van der Waals surface area contributed by atoms with Crippen LogP contribution >= 0.6 is 11.8 Å². The van der Waals surface area contributed by atoms with Gasteiger partial charge in [-0.15, -0.1) is 0 Å². The lowest BCUT2D eigenvalue weighted by Gasteiger charge is -2.26. The highest BCUT2D eigenvalue weighted by molar-refractivity contribution is 7.97. The van der Waals surface area contributed by atoms with E-state index in [1.165, 1.54) is 43.5 Å². The Morgan fingerprint density at radius 3 is 2.52 bits per heavy atom. The van der Waals surface area contributed by atoms with Gasteiger partial charge in [0.2, 0.25) is 0 Å². The molecular formula is C21H26N2OS. The Hall–Kier alpha value is -1.78. The first kappa shape index (κ1) is 18.0. The number of nitrogens with zero attached hydrogens (tertiary/aromatic N) is 1. The minimum absolute atomic E-state index is 0.0502. The zero-order chi connectivity index (χ0) is 17.5. The van der Waals surface area contributed by atoms with Crippen LogP contribution in [-0.2, 0) is 12.3 Å². The number of benzene rings is 2. The number of amides is 1. The highest BCUT2D eigenvalue weighted by Crippen LogP contribution is 2.17. The lowest BCUT2D eigenvalue weighted by Crippen LogP contribution is -2.29. The zero-order valence-electron chi connectivity index (χ0n) is 14.8. The van der Waals surface area contributed by atoms with E-state index in [1.54, 1.807) is 11.8 Å². The standard InChI is InChI=1S/C21H26N2OS/c1-25-16-17-8-10-19(11-9-17)21(24)22-20-7-5-6-18(14-20)15-23-12-3-2-4-13-23/h5-11,14H,2-4,12-13,15-16H2,1H3,(H,22,24). The average Bonchev–Trinajstić information content (AvgIpc) is 2.64. The third kappa shape index (κ3) is 5.35. The van der Waals surface area contributed by atoms with Crippen LogP contribution in [0.25, 0.3) is 0 Å². The van der Waals surface area contributed by atoms with Crippen molar-refractivity contribution in [1.29, 1.82) is 0 Å². The Labute approximate surface area is 154 Å². The number of anilines is 1. The van der Waals surface area contributed by atoms with E-state index in [2.05, 4.69) is 28.6 Å². The largest absolute Gasteiger partial charge is 0.322 e. The third-order valence-corrected chi connectivity index (χ3v) is 5.19. The van der Waals surface area contributed by atoms with E-state index < -0.39 is 0 Å². The molecule has 1 aliphatic rings. The van der Waals surface area contributed by atoms with E-state index in [1.807, 2.05) is 36.4 Å². The molecule has 25 heavy (non-hydrogen) atoms. The SMILES string of the molecule is CSCc1ccc(C(=O)Nc2cccc(CN3CCCCC3)c2)cc1. The van der Waals surface area contributed by atoms with E-state index in [4.69, 9.17) is 0 Å². The first-order valence-corrected chi connectivity index (χ1v) is 10.3. The van der Waals surface area contributed by atoms with Crippen LogP contribution in [0.1, 0.15) is 40.7 Å². The van der Waals surface area contributed by atoms with Crippen molar-refractivity contribution < 1.29 is 4.79 Å². The van der Waals surface area contributed by atoms with Crippen LogP contribution in [-0.4, -0.2) is 30.2 Å². The Kier molecular flexibility index (Phi) is 6.54. The van der Waals surface area contributed by atoms with Crippen LogP contribution in [0.15, 0.2) is 48.5 Å². The van der Waals surface area contributed by atoms with E-state index >= 15 is 0 Å². The summed E-state index contributed by atoms with van der Waals surface area (Å²) >= 11 is 1.78. The smallest absolute Gasteiger partial charge is 0.255 e. The van der Waals surface area contributed by atoms with E-state index in [-0.39, 0.29) is 5.91 Å². The number of carbonyl (C=O) groups excluding carboxylic acids is 1. The number of hydrogen-bond acceptors (Lipinski definition) is 3. The number of nitrogens with one attached hydrogen (secondary N) is 1. The fraction of sp³-hybridized carbons (Fsp3) is 0.381. The van der Waals surface area contributed by atoms with Crippen molar-refractivity contribution in [2.75, 3.05) is 24.7 Å².